The number of fused-ring (bicyclic) bond motifs is 1. The van der Waals surface area contributed by atoms with Gasteiger partial charge in [0.1, 0.15) is 11.0 Å². The van der Waals surface area contributed by atoms with E-state index in [9.17, 15) is 4.79 Å². The molecule has 2 heterocycles. The standard InChI is InChI=1S/C20H31NO5SSi/c1-19(2,3)28(6,7)25-16-15-13-23-20(4,5)21(15)18(22)17(16)27-26-24-14-11-9-8-10-12-14/h8-12,15-17H,13H2,1-7H3/t15-,16+,17-/m0/s1. The number of para-hydroxylation sites is 1. The van der Waals surface area contributed by atoms with Crippen LogP contribution in [-0.4, -0.2) is 48.9 Å². The molecule has 0 aromatic heterocycles. The summed E-state index contributed by atoms with van der Waals surface area (Å²) in [6.07, 6.45) is -0.306. The highest BCUT2D eigenvalue weighted by Gasteiger charge is 2.60. The molecule has 0 bridgehead atoms. The number of ether oxygens (including phenoxy) is 1. The van der Waals surface area contributed by atoms with Crippen molar-refractivity contribution in [2.45, 2.75) is 75.9 Å². The number of hydrogen-bond donors (Lipinski definition) is 0. The molecular weight excluding hydrogens is 394 g/mol. The zero-order valence-electron chi connectivity index (χ0n) is 17.7. The minimum Gasteiger partial charge on any atom is -0.410 e. The van der Waals surface area contributed by atoms with Crippen molar-refractivity contribution in [1.82, 2.24) is 4.90 Å². The molecule has 1 amide bonds. The van der Waals surface area contributed by atoms with E-state index in [1.165, 1.54) is 0 Å². The van der Waals surface area contributed by atoms with Crippen LogP contribution in [0, 0.1) is 0 Å². The maximum absolute atomic E-state index is 13.2. The van der Waals surface area contributed by atoms with Crippen molar-refractivity contribution in [1.29, 1.82) is 0 Å². The molecule has 0 unspecified atom stereocenters. The third kappa shape index (κ3) is 4.11. The van der Waals surface area contributed by atoms with Crippen LogP contribution in [0.3, 0.4) is 0 Å². The van der Waals surface area contributed by atoms with E-state index >= 15 is 0 Å². The highest BCUT2D eigenvalue weighted by Crippen LogP contribution is 2.45. The van der Waals surface area contributed by atoms with Gasteiger partial charge in [-0.1, -0.05) is 39.0 Å². The third-order valence-corrected chi connectivity index (χ3v) is 11.2. The molecular formula is C20H31NO5SSi. The summed E-state index contributed by atoms with van der Waals surface area (Å²) in [5.41, 5.74) is -0.646. The van der Waals surface area contributed by atoms with Crippen molar-refractivity contribution in [3.63, 3.8) is 0 Å². The number of amides is 1. The largest absolute Gasteiger partial charge is 0.410 e. The first-order chi connectivity index (χ1) is 12.9. The number of carbonyl (C=O) groups is 1. The summed E-state index contributed by atoms with van der Waals surface area (Å²) in [6.45, 7) is 15.3. The lowest BCUT2D eigenvalue weighted by atomic mass is 10.2. The Kier molecular flexibility index (Phi) is 5.91. The molecule has 8 heteroatoms. The molecule has 6 nitrogen and oxygen atoms in total. The summed E-state index contributed by atoms with van der Waals surface area (Å²) in [7, 11) is -2.09. The number of rotatable bonds is 6. The van der Waals surface area contributed by atoms with Gasteiger partial charge in [0.2, 0.25) is 5.91 Å². The molecule has 0 aliphatic carbocycles. The van der Waals surface area contributed by atoms with Crippen molar-refractivity contribution in [2.75, 3.05) is 6.61 Å². The van der Waals surface area contributed by atoms with E-state index in [1.807, 2.05) is 36.9 Å². The monoisotopic (exact) mass is 425 g/mol. The van der Waals surface area contributed by atoms with Crippen LogP contribution >= 0.6 is 12.0 Å². The fraction of sp³-hybridized carbons (Fsp3) is 0.650. The fourth-order valence-corrected chi connectivity index (χ4v) is 5.48. The Balaban J connectivity index is 1.77. The van der Waals surface area contributed by atoms with Crippen molar-refractivity contribution in [3.05, 3.63) is 30.3 Å². The summed E-state index contributed by atoms with van der Waals surface area (Å²) in [5.74, 6) is 0.560. The predicted octanol–water partition coefficient (Wildman–Crippen LogP) is 4.38. The molecule has 0 radical (unpaired) electrons. The smallest absolute Gasteiger partial charge is 0.243 e. The zero-order valence-corrected chi connectivity index (χ0v) is 19.5. The van der Waals surface area contributed by atoms with Gasteiger partial charge in [-0.25, -0.2) is 0 Å². The fourth-order valence-electron chi connectivity index (χ4n) is 3.31. The van der Waals surface area contributed by atoms with Gasteiger partial charge >= 0.3 is 0 Å². The second-order valence-electron chi connectivity index (χ2n) is 9.36. The van der Waals surface area contributed by atoms with Gasteiger partial charge in [0.15, 0.2) is 14.1 Å². The quantitative estimate of drug-likeness (QED) is 0.292. The maximum atomic E-state index is 13.2. The highest BCUT2D eigenvalue weighted by atomic mass is 32.2. The average Bonchev–Trinajstić information content (AvgIpc) is 3.04. The van der Waals surface area contributed by atoms with E-state index < -0.39 is 19.3 Å². The van der Waals surface area contributed by atoms with Gasteiger partial charge in [-0.05, 0) is 44.1 Å². The maximum Gasteiger partial charge on any atom is 0.243 e. The Morgan fingerprint density at radius 3 is 2.46 bits per heavy atom. The van der Waals surface area contributed by atoms with Crippen LogP contribution in [-0.2, 0) is 18.3 Å². The van der Waals surface area contributed by atoms with Crippen LogP contribution in [0.2, 0.25) is 18.1 Å². The van der Waals surface area contributed by atoms with Crippen LogP contribution in [0.5, 0.6) is 5.75 Å². The van der Waals surface area contributed by atoms with Crippen molar-refractivity contribution >= 4 is 26.3 Å². The molecule has 156 valence electrons. The molecule has 1 aromatic carbocycles. The molecule has 3 rings (SSSR count). The second-order valence-corrected chi connectivity index (χ2v) is 15.0. The summed E-state index contributed by atoms with van der Waals surface area (Å²) in [4.78, 5) is 20.4. The summed E-state index contributed by atoms with van der Waals surface area (Å²) < 4.78 is 18.0. The summed E-state index contributed by atoms with van der Waals surface area (Å²) in [6, 6.07) is 9.12. The molecule has 0 spiro atoms. The molecule has 3 atom stereocenters. The van der Waals surface area contributed by atoms with Gasteiger partial charge in [-0.15, -0.1) is 4.33 Å². The highest BCUT2D eigenvalue weighted by molar-refractivity contribution is 7.96. The van der Waals surface area contributed by atoms with Crippen LogP contribution in [0.25, 0.3) is 0 Å². The van der Waals surface area contributed by atoms with E-state index in [-0.39, 0.29) is 23.1 Å². The first-order valence-corrected chi connectivity index (χ1v) is 13.4. The number of carbonyl (C=O) groups excluding carboxylic acids is 1. The van der Waals surface area contributed by atoms with E-state index in [0.717, 1.165) is 12.0 Å². The summed E-state index contributed by atoms with van der Waals surface area (Å²) in [5, 5.41) is -0.458. The Bertz CT molecular complexity index is 706. The first-order valence-electron chi connectivity index (χ1n) is 9.64. The van der Waals surface area contributed by atoms with Gasteiger partial charge < -0.3 is 19.0 Å². The van der Waals surface area contributed by atoms with E-state index in [1.54, 1.807) is 12.1 Å². The van der Waals surface area contributed by atoms with E-state index in [2.05, 4.69) is 33.9 Å². The lowest BCUT2D eigenvalue weighted by Gasteiger charge is -2.40. The van der Waals surface area contributed by atoms with Gasteiger partial charge in [0, 0.05) is 0 Å². The predicted molar refractivity (Wildman–Crippen MR) is 112 cm³/mol. The Morgan fingerprint density at radius 1 is 1.21 bits per heavy atom. The molecule has 2 aliphatic rings. The molecule has 2 aliphatic heterocycles. The normalized spacial score (nSPS) is 27.2. The third-order valence-electron chi connectivity index (χ3n) is 5.93. The minimum absolute atomic E-state index is 0.0297. The molecule has 1 aromatic rings. The molecule has 2 saturated heterocycles. The Labute approximate surface area is 173 Å². The Hall–Kier alpha value is -1.06. The molecule has 28 heavy (non-hydrogen) atoms. The molecule has 0 N–H and O–H groups in total. The van der Waals surface area contributed by atoms with Gasteiger partial charge in [0.05, 0.1) is 30.8 Å². The summed E-state index contributed by atoms with van der Waals surface area (Å²) >= 11 is 1.03. The van der Waals surface area contributed by atoms with Gasteiger partial charge in [0.25, 0.3) is 0 Å². The molecule has 0 saturated carbocycles. The van der Waals surface area contributed by atoms with E-state index in [0.29, 0.717) is 12.4 Å². The first kappa shape index (κ1) is 21.6. The van der Waals surface area contributed by atoms with Crippen LogP contribution in [0.15, 0.2) is 30.3 Å². The number of benzene rings is 1. The van der Waals surface area contributed by atoms with Gasteiger partial charge in [-0.2, -0.15) is 0 Å². The number of hydrogen-bond acceptors (Lipinski definition) is 6. The topological polar surface area (TPSA) is 57.2 Å². The van der Waals surface area contributed by atoms with Crippen molar-refractivity contribution in [2.24, 2.45) is 0 Å². The second kappa shape index (κ2) is 7.64. The Morgan fingerprint density at radius 2 is 1.86 bits per heavy atom. The lowest BCUT2D eigenvalue weighted by Crippen LogP contribution is -2.49. The molecule has 2 fully saturated rings. The average molecular weight is 426 g/mol. The lowest BCUT2D eigenvalue weighted by molar-refractivity contribution is -0.141. The van der Waals surface area contributed by atoms with E-state index in [4.69, 9.17) is 18.4 Å². The van der Waals surface area contributed by atoms with Crippen molar-refractivity contribution < 1.29 is 23.2 Å². The minimum atomic E-state index is -2.09. The zero-order chi connectivity index (χ0) is 20.7. The SMILES string of the molecule is CC1(C)OC[C@H]2[C@@H](O[Si](C)(C)C(C)(C)C)[C@H](SOOc3ccccc3)C(=O)N21. The van der Waals surface area contributed by atoms with Gasteiger partial charge in [-0.3, -0.25) is 4.79 Å². The number of nitrogens with zero attached hydrogens (tertiary/aromatic N) is 1. The van der Waals surface area contributed by atoms with Crippen molar-refractivity contribution in [3.8, 4) is 5.75 Å². The van der Waals surface area contributed by atoms with Crippen LogP contribution < -0.4 is 4.89 Å². The van der Waals surface area contributed by atoms with Crippen LogP contribution in [0.4, 0.5) is 0 Å². The van der Waals surface area contributed by atoms with Crippen LogP contribution in [0.1, 0.15) is 34.6 Å².